The fourth-order valence-electron chi connectivity index (χ4n) is 2.33. The summed E-state index contributed by atoms with van der Waals surface area (Å²) >= 11 is 0. The molecule has 1 aromatic carbocycles. The molecule has 6 heteroatoms. The quantitative estimate of drug-likeness (QED) is 0.825. The first-order valence-electron chi connectivity index (χ1n) is 6.90. The predicted octanol–water partition coefficient (Wildman–Crippen LogP) is 1.16. The van der Waals surface area contributed by atoms with Gasteiger partial charge in [0.2, 0.25) is 10.0 Å². The molecule has 1 atom stereocenters. The van der Waals surface area contributed by atoms with Crippen LogP contribution < -0.4 is 10.5 Å². The van der Waals surface area contributed by atoms with Crippen molar-refractivity contribution in [2.45, 2.75) is 31.2 Å². The first-order valence-corrected chi connectivity index (χ1v) is 8.38. The van der Waals surface area contributed by atoms with Crippen molar-refractivity contribution in [2.24, 2.45) is 11.7 Å². The Labute approximate surface area is 120 Å². The number of nitrogens with two attached hydrogens (primary N) is 1. The third-order valence-corrected chi connectivity index (χ3v) is 5.18. The topological polar surface area (TPSA) is 81.4 Å². The van der Waals surface area contributed by atoms with E-state index in [-0.39, 0.29) is 4.90 Å². The first kappa shape index (κ1) is 15.4. The van der Waals surface area contributed by atoms with E-state index in [1.54, 1.807) is 18.2 Å². The van der Waals surface area contributed by atoms with Gasteiger partial charge in [-0.15, -0.1) is 0 Å². The largest absolute Gasteiger partial charge is 0.381 e. The maximum atomic E-state index is 12.2. The summed E-state index contributed by atoms with van der Waals surface area (Å²) in [5, 5.41) is 0. The van der Waals surface area contributed by atoms with Crippen LogP contribution in [0.2, 0.25) is 0 Å². The van der Waals surface area contributed by atoms with Crippen LogP contribution in [-0.2, 0) is 21.3 Å². The van der Waals surface area contributed by atoms with E-state index in [1.165, 1.54) is 0 Å². The highest BCUT2D eigenvalue weighted by Crippen LogP contribution is 2.17. The average Bonchev–Trinajstić information content (AvgIpc) is 2.92. The lowest BCUT2D eigenvalue weighted by Crippen LogP contribution is -2.26. The molecule has 2 rings (SSSR count). The fourth-order valence-corrected chi connectivity index (χ4v) is 3.42. The maximum absolute atomic E-state index is 12.2. The molecule has 1 unspecified atom stereocenters. The number of sulfonamides is 1. The highest BCUT2D eigenvalue weighted by Gasteiger charge is 2.18. The lowest BCUT2D eigenvalue weighted by molar-refractivity contribution is 0.184. The van der Waals surface area contributed by atoms with E-state index in [4.69, 9.17) is 10.5 Å². The van der Waals surface area contributed by atoms with Crippen molar-refractivity contribution in [3.8, 4) is 0 Å². The van der Waals surface area contributed by atoms with E-state index in [0.29, 0.717) is 19.0 Å². The van der Waals surface area contributed by atoms with Crippen molar-refractivity contribution in [1.82, 2.24) is 4.72 Å². The predicted molar refractivity (Wildman–Crippen MR) is 77.8 cm³/mol. The van der Waals surface area contributed by atoms with Crippen molar-refractivity contribution in [2.75, 3.05) is 19.8 Å². The summed E-state index contributed by atoms with van der Waals surface area (Å²) in [5.74, 6) is 0.468. The monoisotopic (exact) mass is 298 g/mol. The van der Waals surface area contributed by atoms with Crippen LogP contribution in [0.3, 0.4) is 0 Å². The Balaban J connectivity index is 1.98. The molecule has 5 nitrogen and oxygen atoms in total. The van der Waals surface area contributed by atoms with E-state index >= 15 is 0 Å². The van der Waals surface area contributed by atoms with Crippen LogP contribution in [0.4, 0.5) is 0 Å². The van der Waals surface area contributed by atoms with E-state index < -0.39 is 10.0 Å². The molecule has 1 aliphatic heterocycles. The number of benzene rings is 1. The van der Waals surface area contributed by atoms with Crippen LogP contribution in [0.15, 0.2) is 23.1 Å². The molecule has 0 amide bonds. The Morgan fingerprint density at radius 2 is 2.25 bits per heavy atom. The van der Waals surface area contributed by atoms with Crippen molar-refractivity contribution >= 4 is 10.0 Å². The second-order valence-corrected chi connectivity index (χ2v) is 6.98. The van der Waals surface area contributed by atoms with Gasteiger partial charge in [-0.05, 0) is 48.9 Å². The Bertz CT molecular complexity index is 552. The molecule has 112 valence electrons. The molecule has 1 fully saturated rings. The number of hydrogen-bond donors (Lipinski definition) is 2. The average molecular weight is 298 g/mol. The molecule has 3 N–H and O–H groups in total. The number of aryl methyl sites for hydroxylation is 1. The van der Waals surface area contributed by atoms with Crippen LogP contribution in [0.1, 0.15) is 24.0 Å². The molecule has 1 heterocycles. The van der Waals surface area contributed by atoms with Crippen LogP contribution in [-0.4, -0.2) is 28.2 Å². The van der Waals surface area contributed by atoms with E-state index in [9.17, 15) is 8.42 Å². The minimum atomic E-state index is -3.45. The molecule has 0 saturated carbocycles. The highest BCUT2D eigenvalue weighted by molar-refractivity contribution is 7.89. The van der Waals surface area contributed by atoms with E-state index in [0.717, 1.165) is 37.2 Å². The Hall–Kier alpha value is -0.950. The second kappa shape index (κ2) is 6.67. The zero-order valence-corrected chi connectivity index (χ0v) is 12.6. The Morgan fingerprint density at radius 1 is 1.45 bits per heavy atom. The van der Waals surface area contributed by atoms with Crippen molar-refractivity contribution in [3.05, 3.63) is 29.3 Å². The van der Waals surface area contributed by atoms with Gasteiger partial charge in [0, 0.05) is 26.3 Å². The van der Waals surface area contributed by atoms with Gasteiger partial charge in [0.1, 0.15) is 0 Å². The lowest BCUT2D eigenvalue weighted by atomic mass is 10.1. The third-order valence-electron chi connectivity index (χ3n) is 3.72. The summed E-state index contributed by atoms with van der Waals surface area (Å²) in [6.07, 6.45) is 1.83. The van der Waals surface area contributed by atoms with Gasteiger partial charge in [0.25, 0.3) is 0 Å². The molecule has 0 radical (unpaired) electrons. The zero-order chi connectivity index (χ0) is 14.6. The third kappa shape index (κ3) is 3.79. The molecular weight excluding hydrogens is 276 g/mol. The van der Waals surface area contributed by atoms with Gasteiger partial charge in [0.15, 0.2) is 0 Å². The molecule has 1 aliphatic rings. The minimum Gasteiger partial charge on any atom is -0.381 e. The SMILES string of the molecule is Cc1ccc(S(=O)(=O)NCCC2CCOC2)cc1CN. The van der Waals surface area contributed by atoms with Gasteiger partial charge < -0.3 is 10.5 Å². The van der Waals surface area contributed by atoms with Gasteiger partial charge >= 0.3 is 0 Å². The highest BCUT2D eigenvalue weighted by atomic mass is 32.2. The summed E-state index contributed by atoms with van der Waals surface area (Å²) in [4.78, 5) is 0.284. The zero-order valence-electron chi connectivity index (χ0n) is 11.8. The molecule has 0 aromatic heterocycles. The summed E-state index contributed by atoms with van der Waals surface area (Å²) < 4.78 is 32.3. The molecular formula is C14H22N2O3S. The van der Waals surface area contributed by atoms with Crippen molar-refractivity contribution in [3.63, 3.8) is 0 Å². The van der Waals surface area contributed by atoms with E-state index in [1.807, 2.05) is 6.92 Å². The second-order valence-electron chi connectivity index (χ2n) is 5.21. The van der Waals surface area contributed by atoms with E-state index in [2.05, 4.69) is 4.72 Å². The van der Waals surface area contributed by atoms with Crippen LogP contribution >= 0.6 is 0 Å². The van der Waals surface area contributed by atoms with Crippen molar-refractivity contribution < 1.29 is 13.2 Å². The van der Waals surface area contributed by atoms with Gasteiger partial charge in [-0.25, -0.2) is 13.1 Å². The first-order chi connectivity index (χ1) is 9.53. The van der Waals surface area contributed by atoms with Gasteiger partial charge in [-0.1, -0.05) is 6.07 Å². The smallest absolute Gasteiger partial charge is 0.240 e. The molecule has 20 heavy (non-hydrogen) atoms. The summed E-state index contributed by atoms with van der Waals surface area (Å²) in [6.45, 7) is 4.24. The van der Waals surface area contributed by atoms with Gasteiger partial charge in [-0.2, -0.15) is 0 Å². The molecule has 1 aromatic rings. The normalized spacial score (nSPS) is 19.4. The summed E-state index contributed by atoms with van der Waals surface area (Å²) in [7, 11) is -3.45. The number of ether oxygens (including phenoxy) is 1. The lowest BCUT2D eigenvalue weighted by Gasteiger charge is -2.11. The van der Waals surface area contributed by atoms with Gasteiger partial charge in [-0.3, -0.25) is 0 Å². The number of hydrogen-bond acceptors (Lipinski definition) is 4. The maximum Gasteiger partial charge on any atom is 0.240 e. The Kier molecular flexibility index (Phi) is 5.15. The summed E-state index contributed by atoms with van der Waals surface area (Å²) in [6, 6.07) is 5.06. The molecule has 0 bridgehead atoms. The van der Waals surface area contributed by atoms with Crippen LogP contribution in [0.25, 0.3) is 0 Å². The van der Waals surface area contributed by atoms with Gasteiger partial charge in [0.05, 0.1) is 4.90 Å². The number of rotatable bonds is 6. The Morgan fingerprint density at radius 3 is 2.90 bits per heavy atom. The standard InChI is InChI=1S/C14H22N2O3S/c1-11-2-3-14(8-13(11)9-15)20(17,18)16-6-4-12-5-7-19-10-12/h2-3,8,12,16H,4-7,9-10,15H2,1H3. The molecule has 0 aliphatic carbocycles. The molecule has 1 saturated heterocycles. The van der Waals surface area contributed by atoms with Crippen molar-refractivity contribution in [1.29, 1.82) is 0 Å². The van der Waals surface area contributed by atoms with Crippen LogP contribution in [0.5, 0.6) is 0 Å². The fraction of sp³-hybridized carbons (Fsp3) is 0.571. The molecule has 0 spiro atoms. The summed E-state index contributed by atoms with van der Waals surface area (Å²) in [5.41, 5.74) is 7.48. The number of nitrogens with one attached hydrogen (secondary N) is 1. The van der Waals surface area contributed by atoms with Crippen LogP contribution in [0, 0.1) is 12.8 Å². The minimum absolute atomic E-state index is 0.284.